The summed E-state index contributed by atoms with van der Waals surface area (Å²) < 4.78 is 3.83. The van der Waals surface area contributed by atoms with Gasteiger partial charge in [-0.25, -0.2) is 0 Å². The van der Waals surface area contributed by atoms with E-state index in [2.05, 4.69) is 50.3 Å². The number of nitrogens with zero attached hydrogens (tertiary/aromatic N) is 4. The van der Waals surface area contributed by atoms with Crippen LogP contribution in [0.5, 0.6) is 0 Å². The quantitative estimate of drug-likeness (QED) is 0.101. The number of unbranched alkanes of at least 4 members (excludes halogenated alkanes) is 18. The van der Waals surface area contributed by atoms with Crippen LogP contribution in [0.3, 0.4) is 0 Å². The van der Waals surface area contributed by atoms with Gasteiger partial charge in [0.25, 0.3) is 0 Å². The number of rotatable bonds is 22. The van der Waals surface area contributed by atoms with E-state index in [1.54, 1.807) is 22.7 Å². The molecule has 0 aliphatic rings. The monoisotopic (exact) mass is 652 g/mol. The molecular weight excluding hydrogens is 601 g/mol. The molecule has 4 nitrogen and oxygen atoms in total. The molecule has 0 amide bonds. The second kappa shape index (κ2) is 21.6. The van der Waals surface area contributed by atoms with Gasteiger partial charge in [0.1, 0.15) is 35.4 Å². The highest BCUT2D eigenvalue weighted by atomic mass is 32.1. The molecule has 0 fully saturated rings. The number of benzene rings is 1. The Balaban J connectivity index is 1.86. The SMILES string of the molecule is CCCCCCCCCCCCc1c2cc(=C(C#N)C#N)sc2c(CCCCCCCCCCCC)c2cc(=C(C#N)C#N)sc12. The maximum atomic E-state index is 9.69. The van der Waals surface area contributed by atoms with Gasteiger partial charge in [0, 0.05) is 9.40 Å². The Labute approximate surface area is 285 Å². The Morgan fingerprint density at radius 1 is 0.457 bits per heavy atom. The van der Waals surface area contributed by atoms with Crippen LogP contribution in [0.4, 0.5) is 0 Å². The summed E-state index contributed by atoms with van der Waals surface area (Å²) in [6.07, 6.45) is 27.4. The van der Waals surface area contributed by atoms with Crippen LogP contribution in [-0.4, -0.2) is 0 Å². The van der Waals surface area contributed by atoms with Crippen molar-refractivity contribution in [1.82, 2.24) is 0 Å². The van der Waals surface area contributed by atoms with E-state index in [4.69, 9.17) is 0 Å². The van der Waals surface area contributed by atoms with Crippen LogP contribution in [0.2, 0.25) is 0 Å². The fourth-order valence-corrected chi connectivity index (χ4v) is 8.95. The molecule has 6 heteroatoms. The molecule has 0 saturated heterocycles. The highest BCUT2D eigenvalue weighted by Crippen LogP contribution is 2.38. The fraction of sp³-hybridized carbons (Fsp3) is 0.600. The number of fused-ring (bicyclic) bond motifs is 2. The van der Waals surface area contributed by atoms with E-state index >= 15 is 0 Å². The van der Waals surface area contributed by atoms with Gasteiger partial charge in [0.2, 0.25) is 0 Å². The molecule has 244 valence electrons. The van der Waals surface area contributed by atoms with Gasteiger partial charge in [-0.05, 0) is 59.7 Å². The molecule has 0 aliphatic carbocycles. The van der Waals surface area contributed by atoms with Crippen LogP contribution in [0.25, 0.3) is 31.3 Å². The van der Waals surface area contributed by atoms with Crippen molar-refractivity contribution in [2.45, 2.75) is 155 Å². The van der Waals surface area contributed by atoms with E-state index in [0.717, 1.165) is 45.5 Å². The number of thiophene rings is 2. The Morgan fingerprint density at radius 2 is 0.739 bits per heavy atom. The minimum atomic E-state index is 0.171. The first-order valence-electron chi connectivity index (χ1n) is 18.0. The van der Waals surface area contributed by atoms with Crippen molar-refractivity contribution in [3.63, 3.8) is 0 Å². The summed E-state index contributed by atoms with van der Waals surface area (Å²) in [5, 5.41) is 41.1. The highest BCUT2D eigenvalue weighted by molar-refractivity contribution is 7.19. The van der Waals surface area contributed by atoms with E-state index in [9.17, 15) is 21.0 Å². The van der Waals surface area contributed by atoms with Crippen LogP contribution in [0.1, 0.15) is 153 Å². The van der Waals surface area contributed by atoms with Crippen molar-refractivity contribution in [2.24, 2.45) is 0 Å². The Hall–Kier alpha value is -3.16. The topological polar surface area (TPSA) is 95.2 Å². The van der Waals surface area contributed by atoms with E-state index < -0.39 is 0 Å². The molecule has 0 atom stereocenters. The minimum Gasteiger partial charge on any atom is -0.192 e. The lowest BCUT2D eigenvalue weighted by Gasteiger charge is -2.12. The molecule has 0 saturated carbocycles. The fourth-order valence-electron chi connectivity index (χ4n) is 6.51. The molecule has 0 unspecified atom stereocenters. The third-order valence-corrected chi connectivity index (χ3v) is 11.6. The molecule has 2 aromatic heterocycles. The zero-order valence-corrected chi connectivity index (χ0v) is 29.9. The Bertz CT molecular complexity index is 1460. The second-order valence-electron chi connectivity index (χ2n) is 12.7. The summed E-state index contributed by atoms with van der Waals surface area (Å²) in [6.45, 7) is 4.52. The summed E-state index contributed by atoms with van der Waals surface area (Å²) in [5.74, 6) is 0. The first kappa shape index (κ1) is 37.3. The molecule has 0 radical (unpaired) electrons. The lowest BCUT2D eigenvalue weighted by atomic mass is 9.94. The van der Waals surface area contributed by atoms with Gasteiger partial charge in [-0.2, -0.15) is 21.0 Å². The predicted octanol–water partition coefficient (Wildman–Crippen LogP) is 11.4. The molecule has 2 heterocycles. The van der Waals surface area contributed by atoms with E-state index in [1.807, 2.05) is 0 Å². The van der Waals surface area contributed by atoms with Crippen molar-refractivity contribution in [3.05, 3.63) is 32.3 Å². The molecule has 1 aromatic carbocycles. The van der Waals surface area contributed by atoms with Crippen molar-refractivity contribution < 1.29 is 0 Å². The van der Waals surface area contributed by atoms with Crippen LogP contribution in [0, 0.1) is 45.3 Å². The third-order valence-electron chi connectivity index (χ3n) is 9.16. The van der Waals surface area contributed by atoms with Crippen LogP contribution in [-0.2, 0) is 12.8 Å². The largest absolute Gasteiger partial charge is 0.192 e. The summed E-state index contributed by atoms with van der Waals surface area (Å²) in [7, 11) is 0. The Kier molecular flexibility index (Phi) is 17.5. The van der Waals surface area contributed by atoms with Gasteiger partial charge >= 0.3 is 0 Å². The number of hydrogen-bond acceptors (Lipinski definition) is 6. The number of nitriles is 4. The summed E-state index contributed by atoms with van der Waals surface area (Å²) in [4.78, 5) is 0. The van der Waals surface area contributed by atoms with E-state index in [0.29, 0.717) is 0 Å². The molecule has 3 aromatic rings. The number of aryl methyl sites for hydroxylation is 2. The lowest BCUT2D eigenvalue weighted by molar-refractivity contribution is 0.556. The third kappa shape index (κ3) is 11.0. The predicted molar refractivity (Wildman–Crippen MR) is 197 cm³/mol. The first-order chi connectivity index (χ1) is 22.6. The summed E-state index contributed by atoms with van der Waals surface area (Å²) in [6, 6.07) is 12.6. The van der Waals surface area contributed by atoms with Gasteiger partial charge in [0.15, 0.2) is 0 Å². The molecule has 3 rings (SSSR count). The zero-order valence-electron chi connectivity index (χ0n) is 28.3. The van der Waals surface area contributed by atoms with Gasteiger partial charge in [-0.15, -0.1) is 22.7 Å². The maximum absolute atomic E-state index is 9.69. The smallest absolute Gasteiger partial charge is 0.146 e. The normalized spacial score (nSPS) is 10.9. The average Bonchev–Trinajstić information content (AvgIpc) is 3.70. The Morgan fingerprint density at radius 3 is 1.02 bits per heavy atom. The van der Waals surface area contributed by atoms with Gasteiger partial charge in [0.05, 0.1) is 9.06 Å². The van der Waals surface area contributed by atoms with Gasteiger partial charge < -0.3 is 0 Å². The maximum Gasteiger partial charge on any atom is 0.146 e. The van der Waals surface area contributed by atoms with Crippen molar-refractivity contribution >= 4 is 54.0 Å². The molecule has 0 spiro atoms. The van der Waals surface area contributed by atoms with E-state index in [1.165, 1.54) is 136 Å². The van der Waals surface area contributed by atoms with Gasteiger partial charge in [-0.3, -0.25) is 0 Å². The van der Waals surface area contributed by atoms with Crippen LogP contribution < -0.4 is 9.06 Å². The second-order valence-corrected chi connectivity index (χ2v) is 14.8. The van der Waals surface area contributed by atoms with Gasteiger partial charge in [-0.1, -0.05) is 129 Å². The summed E-state index contributed by atoms with van der Waals surface area (Å²) in [5.41, 5.74) is 2.84. The summed E-state index contributed by atoms with van der Waals surface area (Å²) >= 11 is 3.13. The molecule has 46 heavy (non-hydrogen) atoms. The number of hydrogen-bond donors (Lipinski definition) is 0. The lowest BCUT2D eigenvalue weighted by Crippen LogP contribution is -1.95. The zero-order chi connectivity index (χ0) is 33.0. The highest BCUT2D eigenvalue weighted by Gasteiger charge is 2.19. The molecular formula is C40H52N4S2. The van der Waals surface area contributed by atoms with Crippen molar-refractivity contribution in [2.75, 3.05) is 0 Å². The van der Waals surface area contributed by atoms with Crippen molar-refractivity contribution in [1.29, 1.82) is 21.0 Å². The van der Waals surface area contributed by atoms with Crippen LogP contribution in [0.15, 0.2) is 12.1 Å². The average molecular weight is 653 g/mol. The molecule has 0 bridgehead atoms. The molecule has 0 N–H and O–H groups in total. The first-order valence-corrected chi connectivity index (χ1v) is 19.6. The molecule has 0 aliphatic heterocycles. The van der Waals surface area contributed by atoms with E-state index in [-0.39, 0.29) is 11.1 Å². The minimum absolute atomic E-state index is 0.171. The van der Waals surface area contributed by atoms with Crippen LogP contribution >= 0.6 is 22.7 Å². The standard InChI is InChI=1S/C40H52N4S2/c1-3-5-7-9-11-13-15-17-19-21-23-33-35-25-37(31(27-41)28-42)46-40(35)34(24-22-20-18-16-14-12-10-8-6-4-2)36-26-38(45-39(33)36)32(29-43)30-44/h25-26H,3-24H2,1-2H3. The van der Waals surface area contributed by atoms with Crippen molar-refractivity contribution in [3.8, 4) is 24.3 Å².